The molecular weight excluding hydrogens is 230 g/mol. The Morgan fingerprint density at radius 2 is 2.24 bits per heavy atom. The van der Waals surface area contributed by atoms with Gasteiger partial charge < -0.3 is 10.6 Å². The van der Waals surface area contributed by atoms with Crippen molar-refractivity contribution in [2.75, 3.05) is 18.0 Å². The summed E-state index contributed by atoms with van der Waals surface area (Å²) in [5, 5.41) is 2.54. The van der Waals surface area contributed by atoms with Crippen molar-refractivity contribution < 1.29 is 0 Å². The molecule has 17 heavy (non-hydrogen) atoms. The second kappa shape index (κ2) is 4.27. The number of hydrogen-bond acceptors (Lipinski definition) is 4. The number of anilines is 1. The van der Waals surface area contributed by atoms with Crippen LogP contribution in [-0.2, 0) is 0 Å². The lowest BCUT2D eigenvalue weighted by atomic mass is 9.94. The lowest BCUT2D eigenvalue weighted by molar-refractivity contribution is 0.380. The van der Waals surface area contributed by atoms with Gasteiger partial charge in [-0.05, 0) is 36.0 Å². The van der Waals surface area contributed by atoms with Gasteiger partial charge in [-0.2, -0.15) is 4.37 Å². The van der Waals surface area contributed by atoms with E-state index in [1.54, 1.807) is 11.5 Å². The van der Waals surface area contributed by atoms with Crippen molar-refractivity contribution in [2.45, 2.75) is 19.4 Å². The van der Waals surface area contributed by atoms with Crippen LogP contribution in [0, 0.1) is 5.92 Å². The zero-order chi connectivity index (χ0) is 11.8. The molecule has 0 spiro atoms. The van der Waals surface area contributed by atoms with Crippen LogP contribution < -0.4 is 10.6 Å². The molecule has 1 saturated heterocycles. The molecule has 4 heteroatoms. The molecule has 3 nitrogen and oxygen atoms in total. The van der Waals surface area contributed by atoms with E-state index in [1.165, 1.54) is 16.8 Å². The maximum atomic E-state index is 6.16. The molecule has 2 heterocycles. The van der Waals surface area contributed by atoms with E-state index in [2.05, 4.69) is 34.4 Å². The summed E-state index contributed by atoms with van der Waals surface area (Å²) < 4.78 is 4.50. The number of aromatic nitrogens is 1. The van der Waals surface area contributed by atoms with Crippen LogP contribution in [-0.4, -0.2) is 23.5 Å². The predicted molar refractivity (Wildman–Crippen MR) is 73.6 cm³/mol. The average molecular weight is 247 g/mol. The molecule has 1 aliphatic heterocycles. The van der Waals surface area contributed by atoms with Gasteiger partial charge in [-0.1, -0.05) is 19.1 Å². The van der Waals surface area contributed by atoms with Crippen LogP contribution in [0.3, 0.4) is 0 Å². The summed E-state index contributed by atoms with van der Waals surface area (Å²) in [4.78, 5) is 2.39. The normalized spacial score (nSPS) is 25.4. The fourth-order valence-corrected chi connectivity index (χ4v) is 3.28. The molecule has 2 N–H and O–H groups in total. The summed E-state index contributed by atoms with van der Waals surface area (Å²) in [6, 6.07) is 8.62. The minimum Gasteiger partial charge on any atom is -0.360 e. The highest BCUT2D eigenvalue weighted by Gasteiger charge is 2.25. The second-order valence-electron chi connectivity index (χ2n) is 4.88. The Bertz CT molecular complexity index is 522. The molecule has 0 saturated carbocycles. The topological polar surface area (TPSA) is 42.2 Å². The molecule has 0 radical (unpaired) electrons. The van der Waals surface area contributed by atoms with Gasteiger partial charge >= 0.3 is 0 Å². The van der Waals surface area contributed by atoms with Gasteiger partial charge in [0.2, 0.25) is 0 Å². The van der Waals surface area contributed by atoms with E-state index in [9.17, 15) is 0 Å². The quantitative estimate of drug-likeness (QED) is 0.841. The van der Waals surface area contributed by atoms with Crippen LogP contribution >= 0.6 is 11.5 Å². The summed E-state index contributed by atoms with van der Waals surface area (Å²) >= 11 is 1.59. The van der Waals surface area contributed by atoms with Crippen molar-refractivity contribution in [3.8, 4) is 0 Å². The number of benzene rings is 1. The van der Waals surface area contributed by atoms with E-state index in [4.69, 9.17) is 5.73 Å². The van der Waals surface area contributed by atoms with E-state index >= 15 is 0 Å². The molecule has 90 valence electrons. The lowest BCUT2D eigenvalue weighted by Gasteiger charge is -2.35. The summed E-state index contributed by atoms with van der Waals surface area (Å²) in [6.45, 7) is 4.29. The number of hydrogen-bond donors (Lipinski definition) is 1. The Kier molecular flexibility index (Phi) is 2.76. The average Bonchev–Trinajstić information content (AvgIpc) is 2.76. The molecule has 0 bridgehead atoms. The van der Waals surface area contributed by atoms with Gasteiger partial charge in [0.1, 0.15) is 5.00 Å². The van der Waals surface area contributed by atoms with Crippen LogP contribution in [0.15, 0.2) is 24.3 Å². The first-order chi connectivity index (χ1) is 8.25. The van der Waals surface area contributed by atoms with Crippen LogP contribution in [0.25, 0.3) is 10.9 Å². The fourth-order valence-electron chi connectivity index (χ4n) is 2.39. The van der Waals surface area contributed by atoms with Crippen LogP contribution in [0.4, 0.5) is 5.00 Å². The molecule has 3 rings (SSSR count). The number of nitrogens with two attached hydrogens (primary N) is 1. The predicted octanol–water partition coefficient (Wildman–Crippen LogP) is 2.47. The van der Waals surface area contributed by atoms with Crippen LogP contribution in [0.1, 0.15) is 13.3 Å². The Hall–Kier alpha value is -1.13. The van der Waals surface area contributed by atoms with E-state index in [0.717, 1.165) is 18.6 Å². The van der Waals surface area contributed by atoms with E-state index in [1.807, 2.05) is 6.07 Å². The first kappa shape index (κ1) is 11.0. The van der Waals surface area contributed by atoms with Crippen molar-refractivity contribution in [3.63, 3.8) is 0 Å². The second-order valence-corrected chi connectivity index (χ2v) is 5.63. The maximum Gasteiger partial charge on any atom is 0.120 e. The van der Waals surface area contributed by atoms with Gasteiger partial charge in [0.15, 0.2) is 0 Å². The van der Waals surface area contributed by atoms with Crippen LogP contribution in [0.5, 0.6) is 0 Å². The van der Waals surface area contributed by atoms with Gasteiger partial charge in [0, 0.05) is 24.5 Å². The number of piperidine rings is 1. The molecule has 0 amide bonds. The SMILES string of the molecule is CC1CCN(c2snc3ccccc23)CC1N. The third kappa shape index (κ3) is 1.91. The summed E-state index contributed by atoms with van der Waals surface area (Å²) in [7, 11) is 0. The molecule has 1 aromatic heterocycles. The fraction of sp³-hybridized carbons (Fsp3) is 0.462. The Morgan fingerprint density at radius 1 is 1.41 bits per heavy atom. The van der Waals surface area contributed by atoms with Crippen LogP contribution in [0.2, 0.25) is 0 Å². The number of nitrogens with zero attached hydrogens (tertiary/aromatic N) is 2. The Balaban J connectivity index is 1.94. The molecule has 2 unspecified atom stereocenters. The smallest absolute Gasteiger partial charge is 0.120 e. The molecule has 1 aromatic carbocycles. The van der Waals surface area contributed by atoms with E-state index in [-0.39, 0.29) is 6.04 Å². The highest BCUT2D eigenvalue weighted by molar-refractivity contribution is 7.11. The Morgan fingerprint density at radius 3 is 3.06 bits per heavy atom. The third-order valence-corrected chi connectivity index (χ3v) is 4.61. The van der Waals surface area contributed by atoms with Crippen molar-refractivity contribution >= 4 is 27.4 Å². The lowest BCUT2D eigenvalue weighted by Crippen LogP contribution is -2.47. The van der Waals surface area contributed by atoms with E-state index in [0.29, 0.717) is 5.92 Å². The summed E-state index contributed by atoms with van der Waals surface area (Å²) in [6.07, 6.45) is 1.17. The van der Waals surface area contributed by atoms with Crippen molar-refractivity contribution in [1.29, 1.82) is 0 Å². The van der Waals surface area contributed by atoms with Crippen molar-refractivity contribution in [3.05, 3.63) is 24.3 Å². The molecule has 0 aliphatic carbocycles. The van der Waals surface area contributed by atoms with Gasteiger partial charge in [0.25, 0.3) is 0 Å². The van der Waals surface area contributed by atoms with Gasteiger partial charge in [-0.15, -0.1) is 0 Å². The third-order valence-electron chi connectivity index (χ3n) is 3.67. The zero-order valence-electron chi connectivity index (χ0n) is 9.97. The largest absolute Gasteiger partial charge is 0.360 e. The monoisotopic (exact) mass is 247 g/mol. The van der Waals surface area contributed by atoms with Crippen molar-refractivity contribution in [1.82, 2.24) is 4.37 Å². The van der Waals surface area contributed by atoms with Gasteiger partial charge in [0.05, 0.1) is 5.52 Å². The highest BCUT2D eigenvalue weighted by atomic mass is 32.1. The maximum absolute atomic E-state index is 6.16. The first-order valence-electron chi connectivity index (χ1n) is 6.10. The standard InChI is InChI=1S/C13H17N3S/c1-9-6-7-16(8-11(9)14)13-10-4-2-3-5-12(10)15-17-13/h2-5,9,11H,6-8,14H2,1H3. The Labute approximate surface area is 105 Å². The molecule has 2 aromatic rings. The molecule has 1 aliphatic rings. The van der Waals surface area contributed by atoms with Gasteiger partial charge in [-0.25, -0.2) is 0 Å². The molecule has 1 fully saturated rings. The zero-order valence-corrected chi connectivity index (χ0v) is 10.8. The van der Waals surface area contributed by atoms with E-state index < -0.39 is 0 Å². The van der Waals surface area contributed by atoms with Gasteiger partial charge in [-0.3, -0.25) is 0 Å². The number of rotatable bonds is 1. The summed E-state index contributed by atoms with van der Waals surface area (Å²) in [5.41, 5.74) is 7.26. The number of fused-ring (bicyclic) bond motifs is 1. The molecular formula is C13H17N3S. The first-order valence-corrected chi connectivity index (χ1v) is 6.88. The van der Waals surface area contributed by atoms with Crippen molar-refractivity contribution in [2.24, 2.45) is 11.7 Å². The minimum atomic E-state index is 0.282. The highest BCUT2D eigenvalue weighted by Crippen LogP contribution is 2.33. The minimum absolute atomic E-state index is 0.282. The molecule has 2 atom stereocenters. The summed E-state index contributed by atoms with van der Waals surface area (Å²) in [5.74, 6) is 0.630.